The molecule has 0 aliphatic carbocycles. The molecule has 0 saturated carbocycles. The van der Waals surface area contributed by atoms with Gasteiger partial charge in [-0.2, -0.15) is 0 Å². The maximum absolute atomic E-state index is 5.16. The zero-order chi connectivity index (χ0) is 11.7. The third kappa shape index (κ3) is 1.94. The van der Waals surface area contributed by atoms with Gasteiger partial charge in [-0.3, -0.25) is 0 Å². The normalized spacial score (nSPS) is 17.7. The molecule has 1 aliphatic heterocycles. The molecule has 0 spiro atoms. The Morgan fingerprint density at radius 1 is 1.24 bits per heavy atom. The lowest BCUT2D eigenvalue weighted by Gasteiger charge is -2.43. The van der Waals surface area contributed by atoms with Crippen molar-refractivity contribution in [3.05, 3.63) is 58.5 Å². The minimum absolute atomic E-state index is 0.212. The summed E-state index contributed by atoms with van der Waals surface area (Å²) in [6, 6.07) is 10.5. The molecule has 1 N–H and O–H groups in total. The lowest BCUT2D eigenvalue weighted by atomic mass is 9.71. The molecule has 88 valence electrons. The second kappa shape index (κ2) is 4.31. The van der Waals surface area contributed by atoms with Crippen molar-refractivity contribution < 1.29 is 4.42 Å². The van der Waals surface area contributed by atoms with Gasteiger partial charge in [-0.15, -0.1) is 0 Å². The summed E-state index contributed by atoms with van der Waals surface area (Å²) in [5, 5.41) is 3.39. The predicted molar refractivity (Wildman–Crippen MR) is 71.1 cm³/mol. The van der Waals surface area contributed by atoms with E-state index in [1.165, 1.54) is 15.6 Å². The Balaban J connectivity index is 1.95. The summed E-state index contributed by atoms with van der Waals surface area (Å²) >= 11 is 3.66. The lowest BCUT2D eigenvalue weighted by molar-refractivity contribution is 0.273. The first-order valence-corrected chi connectivity index (χ1v) is 6.56. The van der Waals surface area contributed by atoms with E-state index < -0.39 is 0 Å². The molecule has 0 atom stereocenters. The van der Waals surface area contributed by atoms with E-state index in [0.717, 1.165) is 19.5 Å². The van der Waals surface area contributed by atoms with E-state index in [4.69, 9.17) is 4.42 Å². The van der Waals surface area contributed by atoms with Crippen LogP contribution in [0, 0.1) is 0 Å². The largest absolute Gasteiger partial charge is 0.472 e. The molecule has 17 heavy (non-hydrogen) atoms. The van der Waals surface area contributed by atoms with Gasteiger partial charge >= 0.3 is 0 Å². The van der Waals surface area contributed by atoms with Crippen molar-refractivity contribution in [1.29, 1.82) is 0 Å². The number of benzene rings is 1. The van der Waals surface area contributed by atoms with Gasteiger partial charge in [0, 0.05) is 23.0 Å². The molecule has 2 aromatic rings. The van der Waals surface area contributed by atoms with Crippen LogP contribution in [0.15, 0.2) is 51.7 Å². The molecular formula is C14H14BrNO. The topological polar surface area (TPSA) is 25.2 Å². The monoisotopic (exact) mass is 291 g/mol. The van der Waals surface area contributed by atoms with Crippen molar-refractivity contribution >= 4 is 15.9 Å². The van der Waals surface area contributed by atoms with Crippen LogP contribution in [0.3, 0.4) is 0 Å². The molecule has 2 nitrogen and oxygen atoms in total. The van der Waals surface area contributed by atoms with E-state index in [1.54, 1.807) is 6.26 Å². The molecule has 0 amide bonds. The Labute approximate surface area is 109 Å². The second-order valence-corrected chi connectivity index (χ2v) is 5.53. The summed E-state index contributed by atoms with van der Waals surface area (Å²) in [6.45, 7) is 2.06. The summed E-state index contributed by atoms with van der Waals surface area (Å²) in [6.07, 6.45) is 4.62. The molecule has 1 aliphatic rings. The summed E-state index contributed by atoms with van der Waals surface area (Å²) in [5.41, 5.74) is 2.87. The Hall–Kier alpha value is -1.06. The Bertz CT molecular complexity index is 503. The number of halogens is 1. The highest BCUT2D eigenvalue weighted by molar-refractivity contribution is 9.10. The standard InChI is InChI=1S/C14H14BrNO/c15-13-4-2-1-3-12(13)14(9-16-10-14)7-11-5-6-17-8-11/h1-6,8,16H,7,9-10H2. The first-order valence-electron chi connectivity index (χ1n) is 5.77. The van der Waals surface area contributed by atoms with Crippen LogP contribution in [-0.2, 0) is 11.8 Å². The summed E-state index contributed by atoms with van der Waals surface area (Å²) in [4.78, 5) is 0. The van der Waals surface area contributed by atoms with E-state index in [2.05, 4.69) is 51.6 Å². The fourth-order valence-corrected chi connectivity index (χ4v) is 3.22. The van der Waals surface area contributed by atoms with Gasteiger partial charge in [-0.25, -0.2) is 0 Å². The van der Waals surface area contributed by atoms with Crippen LogP contribution >= 0.6 is 15.9 Å². The molecule has 0 radical (unpaired) electrons. The smallest absolute Gasteiger partial charge is 0.0934 e. The third-order valence-corrected chi connectivity index (χ3v) is 4.19. The molecule has 3 rings (SSSR count). The molecule has 1 aromatic carbocycles. The van der Waals surface area contributed by atoms with Crippen molar-refractivity contribution in [2.45, 2.75) is 11.8 Å². The number of rotatable bonds is 3. The zero-order valence-electron chi connectivity index (χ0n) is 9.45. The lowest BCUT2D eigenvalue weighted by Crippen LogP contribution is -2.58. The Kier molecular flexibility index (Phi) is 2.81. The molecular weight excluding hydrogens is 278 g/mol. The minimum atomic E-state index is 0.212. The van der Waals surface area contributed by atoms with Crippen molar-refractivity contribution in [2.75, 3.05) is 13.1 Å². The van der Waals surface area contributed by atoms with Crippen LogP contribution in [0.1, 0.15) is 11.1 Å². The molecule has 1 aromatic heterocycles. The third-order valence-electron chi connectivity index (χ3n) is 3.49. The highest BCUT2D eigenvalue weighted by atomic mass is 79.9. The SMILES string of the molecule is Brc1ccccc1C1(Cc2ccoc2)CNC1. The average Bonchev–Trinajstić information content (AvgIpc) is 2.77. The first-order chi connectivity index (χ1) is 8.30. The number of hydrogen-bond acceptors (Lipinski definition) is 2. The minimum Gasteiger partial charge on any atom is -0.472 e. The Morgan fingerprint density at radius 3 is 2.65 bits per heavy atom. The molecule has 2 heterocycles. The van der Waals surface area contributed by atoms with Gasteiger partial charge in [0.05, 0.1) is 12.5 Å². The van der Waals surface area contributed by atoms with Gasteiger partial charge in [0.25, 0.3) is 0 Å². The number of furan rings is 1. The van der Waals surface area contributed by atoms with Crippen LogP contribution in [0.2, 0.25) is 0 Å². The van der Waals surface area contributed by atoms with Gasteiger partial charge in [-0.05, 0) is 29.7 Å². The van der Waals surface area contributed by atoms with E-state index in [1.807, 2.05) is 6.26 Å². The highest BCUT2D eigenvalue weighted by Crippen LogP contribution is 2.36. The van der Waals surface area contributed by atoms with E-state index >= 15 is 0 Å². The van der Waals surface area contributed by atoms with Gasteiger partial charge in [-0.1, -0.05) is 34.1 Å². The van der Waals surface area contributed by atoms with Crippen molar-refractivity contribution in [3.8, 4) is 0 Å². The van der Waals surface area contributed by atoms with Gasteiger partial charge < -0.3 is 9.73 Å². The van der Waals surface area contributed by atoms with Gasteiger partial charge in [0.15, 0.2) is 0 Å². The van der Waals surface area contributed by atoms with Gasteiger partial charge in [0.2, 0.25) is 0 Å². The molecule has 0 unspecified atom stereocenters. The molecule has 1 saturated heterocycles. The van der Waals surface area contributed by atoms with Crippen LogP contribution in [0.5, 0.6) is 0 Å². The zero-order valence-corrected chi connectivity index (χ0v) is 11.0. The van der Waals surface area contributed by atoms with Crippen LogP contribution in [0.25, 0.3) is 0 Å². The van der Waals surface area contributed by atoms with E-state index in [9.17, 15) is 0 Å². The van der Waals surface area contributed by atoms with Crippen molar-refractivity contribution in [2.24, 2.45) is 0 Å². The molecule has 0 bridgehead atoms. The van der Waals surface area contributed by atoms with Gasteiger partial charge in [0.1, 0.15) is 0 Å². The predicted octanol–water partition coefficient (Wildman–Crippen LogP) is 3.13. The second-order valence-electron chi connectivity index (χ2n) is 4.67. The molecule has 3 heteroatoms. The summed E-state index contributed by atoms with van der Waals surface area (Å²) in [7, 11) is 0. The maximum Gasteiger partial charge on any atom is 0.0934 e. The summed E-state index contributed by atoms with van der Waals surface area (Å²) < 4.78 is 6.36. The first kappa shape index (κ1) is 11.1. The average molecular weight is 292 g/mol. The number of hydrogen-bond donors (Lipinski definition) is 1. The van der Waals surface area contributed by atoms with Crippen LogP contribution in [-0.4, -0.2) is 13.1 Å². The van der Waals surface area contributed by atoms with Crippen LogP contribution < -0.4 is 5.32 Å². The quantitative estimate of drug-likeness (QED) is 0.940. The maximum atomic E-state index is 5.16. The molecule has 1 fully saturated rings. The fourth-order valence-electron chi connectivity index (χ4n) is 2.51. The van der Waals surface area contributed by atoms with Crippen molar-refractivity contribution in [3.63, 3.8) is 0 Å². The van der Waals surface area contributed by atoms with Crippen molar-refractivity contribution in [1.82, 2.24) is 5.32 Å². The fraction of sp³-hybridized carbons (Fsp3) is 0.286. The van der Waals surface area contributed by atoms with E-state index in [-0.39, 0.29) is 5.41 Å². The van der Waals surface area contributed by atoms with E-state index in [0.29, 0.717) is 0 Å². The summed E-state index contributed by atoms with van der Waals surface area (Å²) in [5.74, 6) is 0. The Morgan fingerprint density at radius 2 is 2.06 bits per heavy atom. The highest BCUT2D eigenvalue weighted by Gasteiger charge is 2.40. The number of nitrogens with one attached hydrogen (secondary N) is 1. The van der Waals surface area contributed by atoms with Crippen LogP contribution in [0.4, 0.5) is 0 Å².